The Balaban J connectivity index is 2.60. The van der Waals surface area contributed by atoms with E-state index in [9.17, 15) is 8.42 Å². The van der Waals surface area contributed by atoms with Crippen molar-refractivity contribution in [1.29, 1.82) is 0 Å². The Morgan fingerprint density at radius 2 is 2.05 bits per heavy atom. The fourth-order valence-corrected chi connectivity index (χ4v) is 4.92. The molecule has 2 N–H and O–H groups in total. The van der Waals surface area contributed by atoms with Crippen molar-refractivity contribution in [1.82, 2.24) is 4.31 Å². The molecule has 0 radical (unpaired) electrons. The van der Waals surface area contributed by atoms with Gasteiger partial charge in [-0.1, -0.05) is 12.2 Å². The number of ether oxygens (including phenoxy) is 1. The molecule has 112 valence electrons. The highest BCUT2D eigenvalue weighted by atomic mass is 32.2. The van der Waals surface area contributed by atoms with Crippen LogP contribution >= 0.6 is 24.0 Å². The van der Waals surface area contributed by atoms with Crippen LogP contribution in [0.4, 0.5) is 0 Å². The molecule has 1 aliphatic rings. The van der Waals surface area contributed by atoms with Crippen LogP contribution in [0.25, 0.3) is 0 Å². The standard InChI is InChI=1S/C11H22N2O3S3/c1-16-8-3-9-19(14,15)13-6-4-11(18-2,5-7-13)10(12)17/h3-9H2,1-2H3,(H2,12,17). The van der Waals surface area contributed by atoms with Crippen molar-refractivity contribution < 1.29 is 13.2 Å². The molecule has 8 heteroatoms. The highest BCUT2D eigenvalue weighted by Gasteiger charge is 2.39. The maximum atomic E-state index is 12.1. The predicted octanol–water partition coefficient (Wildman–Crippen LogP) is 0.836. The predicted molar refractivity (Wildman–Crippen MR) is 84.1 cm³/mol. The Bertz CT molecular complexity index is 403. The minimum atomic E-state index is -3.18. The molecule has 1 fully saturated rings. The third-order valence-corrected chi connectivity index (χ3v) is 7.40. The third-order valence-electron chi connectivity index (χ3n) is 3.51. The summed E-state index contributed by atoms with van der Waals surface area (Å²) in [6.45, 7) is 1.45. The van der Waals surface area contributed by atoms with Gasteiger partial charge in [0.25, 0.3) is 0 Å². The van der Waals surface area contributed by atoms with Crippen molar-refractivity contribution in [3.05, 3.63) is 0 Å². The first-order chi connectivity index (χ1) is 8.88. The van der Waals surface area contributed by atoms with Gasteiger partial charge in [0, 0.05) is 26.8 Å². The molecule has 0 atom stereocenters. The Kier molecular flexibility index (Phi) is 6.52. The summed E-state index contributed by atoms with van der Waals surface area (Å²) < 4.78 is 30.5. The van der Waals surface area contributed by atoms with Crippen LogP contribution in [0, 0.1) is 0 Å². The van der Waals surface area contributed by atoms with Crippen molar-refractivity contribution in [2.45, 2.75) is 24.0 Å². The number of sulfonamides is 1. The van der Waals surface area contributed by atoms with Crippen LogP contribution in [0.1, 0.15) is 19.3 Å². The molecule has 19 heavy (non-hydrogen) atoms. The topological polar surface area (TPSA) is 72.6 Å². The quantitative estimate of drug-likeness (QED) is 0.552. The van der Waals surface area contributed by atoms with E-state index in [1.807, 2.05) is 6.26 Å². The highest BCUT2D eigenvalue weighted by Crippen LogP contribution is 2.35. The van der Waals surface area contributed by atoms with Gasteiger partial charge in [-0.05, 0) is 25.5 Å². The second-order valence-corrected chi connectivity index (χ2v) is 8.34. The van der Waals surface area contributed by atoms with Crippen LogP contribution in [0.5, 0.6) is 0 Å². The van der Waals surface area contributed by atoms with E-state index >= 15 is 0 Å². The summed E-state index contributed by atoms with van der Waals surface area (Å²) in [5.41, 5.74) is 5.79. The average Bonchev–Trinajstić information content (AvgIpc) is 2.38. The first-order valence-electron chi connectivity index (χ1n) is 6.20. The summed E-state index contributed by atoms with van der Waals surface area (Å²) >= 11 is 6.74. The van der Waals surface area contributed by atoms with Crippen molar-refractivity contribution in [3.8, 4) is 0 Å². The van der Waals surface area contributed by atoms with Crippen LogP contribution in [-0.2, 0) is 14.8 Å². The summed E-state index contributed by atoms with van der Waals surface area (Å²) in [6.07, 6.45) is 3.88. The summed E-state index contributed by atoms with van der Waals surface area (Å²) in [7, 11) is -1.61. The van der Waals surface area contributed by atoms with Crippen LogP contribution in [0.15, 0.2) is 0 Å². The second kappa shape index (κ2) is 7.21. The number of rotatable bonds is 7. The van der Waals surface area contributed by atoms with E-state index in [-0.39, 0.29) is 10.5 Å². The number of methoxy groups -OCH3 is 1. The number of hydrogen-bond donors (Lipinski definition) is 1. The number of nitrogens with two attached hydrogens (primary N) is 1. The van der Waals surface area contributed by atoms with Gasteiger partial charge in [-0.2, -0.15) is 11.8 Å². The molecule has 0 bridgehead atoms. The van der Waals surface area contributed by atoms with Gasteiger partial charge in [0.15, 0.2) is 0 Å². The number of thiocarbonyl (C=S) groups is 1. The van der Waals surface area contributed by atoms with Crippen LogP contribution in [0.3, 0.4) is 0 Å². The van der Waals surface area contributed by atoms with Gasteiger partial charge in [0.1, 0.15) is 0 Å². The van der Waals surface area contributed by atoms with Gasteiger partial charge in [0.2, 0.25) is 10.0 Å². The minimum absolute atomic E-state index is 0.139. The molecule has 0 spiro atoms. The Labute approximate surface area is 125 Å². The zero-order valence-corrected chi connectivity index (χ0v) is 13.9. The van der Waals surface area contributed by atoms with Crippen molar-refractivity contribution in [2.75, 3.05) is 38.8 Å². The molecule has 0 aromatic heterocycles. The maximum absolute atomic E-state index is 12.1. The van der Waals surface area contributed by atoms with Crippen molar-refractivity contribution in [3.63, 3.8) is 0 Å². The second-order valence-electron chi connectivity index (χ2n) is 4.62. The molecule has 0 amide bonds. The molecular weight excluding hydrogens is 304 g/mol. The third kappa shape index (κ3) is 4.29. The van der Waals surface area contributed by atoms with E-state index in [1.54, 1.807) is 23.2 Å². The molecule has 0 saturated carbocycles. The van der Waals surface area contributed by atoms with E-state index in [0.29, 0.717) is 43.9 Å². The van der Waals surface area contributed by atoms with E-state index < -0.39 is 10.0 Å². The Morgan fingerprint density at radius 3 is 2.47 bits per heavy atom. The van der Waals surface area contributed by atoms with Crippen LogP contribution in [-0.4, -0.2) is 61.3 Å². The van der Waals surface area contributed by atoms with Gasteiger partial charge in [-0.3, -0.25) is 0 Å². The lowest BCUT2D eigenvalue weighted by Crippen LogP contribution is -2.51. The number of piperidine rings is 1. The van der Waals surface area contributed by atoms with Gasteiger partial charge >= 0.3 is 0 Å². The largest absolute Gasteiger partial charge is 0.392 e. The first-order valence-corrected chi connectivity index (χ1v) is 9.44. The minimum Gasteiger partial charge on any atom is -0.392 e. The fraction of sp³-hybridized carbons (Fsp3) is 0.909. The van der Waals surface area contributed by atoms with Gasteiger partial charge < -0.3 is 10.5 Å². The Hall–Kier alpha value is 0.110. The van der Waals surface area contributed by atoms with Crippen molar-refractivity contribution in [2.24, 2.45) is 5.73 Å². The molecule has 0 aromatic carbocycles. The van der Waals surface area contributed by atoms with E-state index in [4.69, 9.17) is 22.7 Å². The lowest BCUT2D eigenvalue weighted by Gasteiger charge is -2.39. The van der Waals surface area contributed by atoms with Gasteiger partial charge in [-0.25, -0.2) is 12.7 Å². The summed E-state index contributed by atoms with van der Waals surface area (Å²) in [5, 5.41) is 0. The monoisotopic (exact) mass is 326 g/mol. The molecule has 1 saturated heterocycles. The zero-order valence-electron chi connectivity index (χ0n) is 11.4. The number of nitrogens with zero attached hydrogens (tertiary/aromatic N) is 1. The lowest BCUT2D eigenvalue weighted by molar-refractivity contribution is 0.199. The van der Waals surface area contributed by atoms with Gasteiger partial charge in [0.05, 0.1) is 15.5 Å². The molecule has 1 heterocycles. The fourth-order valence-electron chi connectivity index (χ4n) is 2.19. The smallest absolute Gasteiger partial charge is 0.214 e. The highest BCUT2D eigenvalue weighted by molar-refractivity contribution is 8.02. The summed E-state index contributed by atoms with van der Waals surface area (Å²) in [5.74, 6) is 0.139. The normalized spacial score (nSPS) is 20.3. The molecule has 1 rings (SSSR count). The SMILES string of the molecule is COCCCS(=O)(=O)N1CCC(SC)(C(N)=S)CC1. The summed E-state index contributed by atoms with van der Waals surface area (Å²) in [4.78, 5) is 0.483. The van der Waals surface area contributed by atoms with E-state index in [1.165, 1.54) is 0 Å². The molecule has 0 unspecified atom stereocenters. The maximum Gasteiger partial charge on any atom is 0.214 e. The molecule has 0 aliphatic carbocycles. The van der Waals surface area contributed by atoms with E-state index in [0.717, 1.165) is 0 Å². The Morgan fingerprint density at radius 1 is 1.47 bits per heavy atom. The molecule has 0 aromatic rings. The van der Waals surface area contributed by atoms with Gasteiger partial charge in [-0.15, -0.1) is 0 Å². The number of hydrogen-bond acceptors (Lipinski definition) is 5. The lowest BCUT2D eigenvalue weighted by atomic mass is 9.97. The van der Waals surface area contributed by atoms with Crippen LogP contribution in [0.2, 0.25) is 0 Å². The molecular formula is C11H22N2O3S3. The van der Waals surface area contributed by atoms with E-state index in [2.05, 4.69) is 0 Å². The van der Waals surface area contributed by atoms with Crippen LogP contribution < -0.4 is 5.73 Å². The molecule has 1 aliphatic heterocycles. The zero-order chi connectivity index (χ0) is 14.5. The average molecular weight is 327 g/mol. The number of thioether (sulfide) groups is 1. The molecule has 5 nitrogen and oxygen atoms in total. The van der Waals surface area contributed by atoms with Crippen molar-refractivity contribution >= 4 is 39.0 Å². The first kappa shape index (κ1) is 17.2. The summed E-state index contributed by atoms with van der Waals surface area (Å²) in [6, 6.07) is 0.